The molecule has 0 bridgehead atoms. The zero-order valence-corrected chi connectivity index (χ0v) is 34.5. The number of anilines is 3. The third-order valence-electron chi connectivity index (χ3n) is 10.8. The lowest BCUT2D eigenvalue weighted by Crippen LogP contribution is -2.19. The Bertz CT molecular complexity index is 2500. The van der Waals surface area contributed by atoms with Crippen molar-refractivity contribution in [3.05, 3.63) is 167 Å². The van der Waals surface area contributed by atoms with Crippen LogP contribution in [0.25, 0.3) is 44.8 Å². The SMILES string of the molecule is Cc1cccc(C)c1-c1ccnc(-c2cccc(N(c3cccc(-c4cc(-c5c(C)cccc5C)ccc4O)c3)c3cc(C(C)(C)C)cc(C(C)(C)C)c3)n2)c1. The first-order valence-electron chi connectivity index (χ1n) is 19.5. The average molecular weight is 736 g/mol. The van der Waals surface area contributed by atoms with Crippen molar-refractivity contribution >= 4 is 17.2 Å². The number of rotatable bonds is 7. The number of phenols is 1. The highest BCUT2D eigenvalue weighted by atomic mass is 16.3. The van der Waals surface area contributed by atoms with E-state index in [1.165, 1.54) is 44.5 Å². The lowest BCUT2D eigenvalue weighted by Gasteiger charge is -2.31. The van der Waals surface area contributed by atoms with Gasteiger partial charge in [-0.15, -0.1) is 0 Å². The number of pyridine rings is 2. The summed E-state index contributed by atoms with van der Waals surface area (Å²) in [6.07, 6.45) is 1.88. The second-order valence-electron chi connectivity index (χ2n) is 17.2. The van der Waals surface area contributed by atoms with Crippen molar-refractivity contribution in [2.75, 3.05) is 4.90 Å². The summed E-state index contributed by atoms with van der Waals surface area (Å²) in [5.74, 6) is 1.02. The van der Waals surface area contributed by atoms with Gasteiger partial charge in [0.1, 0.15) is 11.6 Å². The first kappa shape index (κ1) is 38.3. The minimum atomic E-state index is -0.0865. The van der Waals surface area contributed by atoms with E-state index < -0.39 is 0 Å². The maximum absolute atomic E-state index is 11.4. The molecule has 0 radical (unpaired) electrons. The third-order valence-corrected chi connectivity index (χ3v) is 10.8. The molecule has 4 heteroatoms. The van der Waals surface area contributed by atoms with E-state index >= 15 is 0 Å². The van der Waals surface area contributed by atoms with Gasteiger partial charge in [-0.2, -0.15) is 0 Å². The van der Waals surface area contributed by atoms with E-state index in [1.807, 2.05) is 24.4 Å². The van der Waals surface area contributed by atoms with E-state index in [0.29, 0.717) is 0 Å². The Balaban J connectivity index is 1.42. The van der Waals surface area contributed by atoms with E-state index in [4.69, 9.17) is 9.97 Å². The van der Waals surface area contributed by atoms with Crippen molar-refractivity contribution < 1.29 is 5.11 Å². The zero-order chi connectivity index (χ0) is 39.9. The molecule has 0 atom stereocenters. The molecule has 0 spiro atoms. The average Bonchev–Trinajstić information content (AvgIpc) is 3.15. The van der Waals surface area contributed by atoms with Gasteiger partial charge in [0, 0.05) is 23.1 Å². The number of phenolic OH excluding ortho intramolecular Hbond substituents is 1. The van der Waals surface area contributed by atoms with Gasteiger partial charge in [0.05, 0.1) is 11.4 Å². The molecule has 0 aliphatic heterocycles. The van der Waals surface area contributed by atoms with Crippen LogP contribution < -0.4 is 4.90 Å². The van der Waals surface area contributed by atoms with Crippen LogP contribution in [0.4, 0.5) is 17.2 Å². The van der Waals surface area contributed by atoms with Crippen LogP contribution in [0.1, 0.15) is 74.9 Å². The van der Waals surface area contributed by atoms with Gasteiger partial charge in [0.25, 0.3) is 0 Å². The Kier molecular flexibility index (Phi) is 10.2. The number of aryl methyl sites for hydroxylation is 4. The maximum Gasteiger partial charge on any atom is 0.138 e. The van der Waals surface area contributed by atoms with Crippen molar-refractivity contribution in [1.29, 1.82) is 0 Å². The second kappa shape index (κ2) is 14.9. The summed E-state index contributed by atoms with van der Waals surface area (Å²) in [5, 5.41) is 11.4. The van der Waals surface area contributed by atoms with Crippen LogP contribution in [0.15, 0.2) is 134 Å². The minimum absolute atomic E-state index is 0.0865. The van der Waals surface area contributed by atoms with Gasteiger partial charge in [-0.1, -0.05) is 108 Å². The summed E-state index contributed by atoms with van der Waals surface area (Å²) in [6, 6.07) is 44.5. The van der Waals surface area contributed by atoms with Gasteiger partial charge >= 0.3 is 0 Å². The Labute approximate surface area is 333 Å². The zero-order valence-electron chi connectivity index (χ0n) is 34.5. The fourth-order valence-corrected chi connectivity index (χ4v) is 7.71. The van der Waals surface area contributed by atoms with Gasteiger partial charge in [0.15, 0.2) is 0 Å². The highest BCUT2D eigenvalue weighted by Gasteiger charge is 2.25. The lowest BCUT2D eigenvalue weighted by atomic mass is 9.80. The summed E-state index contributed by atoms with van der Waals surface area (Å²) < 4.78 is 0. The van der Waals surface area contributed by atoms with Crippen LogP contribution in [-0.2, 0) is 10.8 Å². The van der Waals surface area contributed by atoms with Crippen LogP contribution in [-0.4, -0.2) is 15.1 Å². The standard InChI is InChI=1S/C52H53N3O/c1-33-15-11-16-34(2)49(33)38-23-24-47(56)44(28-38)37-19-13-20-42(27-37)55(43-31-40(51(5,6)7)30-41(32-43)52(8,9)10)48-22-14-21-45(54-48)46-29-39(25-26-53-46)50-35(3)17-12-18-36(50)4/h11-32,56H,1-10H3. The number of hydrogen-bond acceptors (Lipinski definition) is 4. The van der Waals surface area contributed by atoms with Crippen molar-refractivity contribution in [2.24, 2.45) is 0 Å². The molecule has 7 rings (SSSR count). The number of aromatic hydroxyl groups is 1. The summed E-state index contributed by atoms with van der Waals surface area (Å²) >= 11 is 0. The van der Waals surface area contributed by atoms with Gasteiger partial charge in [-0.05, 0) is 160 Å². The quantitative estimate of drug-likeness (QED) is 0.177. The largest absolute Gasteiger partial charge is 0.507 e. The normalized spacial score (nSPS) is 11.8. The summed E-state index contributed by atoms with van der Waals surface area (Å²) in [5.41, 5.74) is 17.1. The minimum Gasteiger partial charge on any atom is -0.507 e. The van der Waals surface area contributed by atoms with E-state index in [-0.39, 0.29) is 16.6 Å². The molecule has 7 aromatic rings. The van der Waals surface area contributed by atoms with Crippen LogP contribution in [0.2, 0.25) is 0 Å². The molecule has 56 heavy (non-hydrogen) atoms. The second-order valence-corrected chi connectivity index (χ2v) is 17.2. The van der Waals surface area contributed by atoms with E-state index in [0.717, 1.165) is 50.8 Å². The molecular weight excluding hydrogens is 683 g/mol. The van der Waals surface area contributed by atoms with Crippen LogP contribution in [0, 0.1) is 27.7 Å². The molecule has 0 saturated heterocycles. The highest BCUT2D eigenvalue weighted by molar-refractivity contribution is 5.84. The molecule has 0 saturated carbocycles. The Morgan fingerprint density at radius 3 is 1.62 bits per heavy atom. The number of hydrogen-bond donors (Lipinski definition) is 1. The van der Waals surface area contributed by atoms with Crippen LogP contribution in [0.3, 0.4) is 0 Å². The lowest BCUT2D eigenvalue weighted by molar-refractivity contribution is 0.477. The smallest absolute Gasteiger partial charge is 0.138 e. The van der Waals surface area contributed by atoms with Crippen molar-refractivity contribution in [3.63, 3.8) is 0 Å². The fourth-order valence-electron chi connectivity index (χ4n) is 7.71. The van der Waals surface area contributed by atoms with Crippen molar-refractivity contribution in [3.8, 4) is 50.5 Å². The summed E-state index contributed by atoms with van der Waals surface area (Å²) in [4.78, 5) is 12.4. The summed E-state index contributed by atoms with van der Waals surface area (Å²) in [7, 11) is 0. The highest BCUT2D eigenvalue weighted by Crippen LogP contribution is 2.43. The number of aromatic nitrogens is 2. The number of nitrogens with zero attached hydrogens (tertiary/aromatic N) is 3. The summed E-state index contributed by atoms with van der Waals surface area (Å²) in [6.45, 7) is 22.2. The van der Waals surface area contributed by atoms with Crippen LogP contribution in [0.5, 0.6) is 5.75 Å². The predicted molar refractivity (Wildman–Crippen MR) is 236 cm³/mol. The van der Waals surface area contributed by atoms with E-state index in [2.05, 4.69) is 183 Å². The maximum atomic E-state index is 11.4. The van der Waals surface area contributed by atoms with Gasteiger partial charge in [0.2, 0.25) is 0 Å². The fraction of sp³-hybridized carbons (Fsp3) is 0.231. The first-order valence-corrected chi connectivity index (χ1v) is 19.5. The third kappa shape index (κ3) is 7.75. The van der Waals surface area contributed by atoms with E-state index in [9.17, 15) is 5.11 Å². The molecule has 0 aliphatic rings. The van der Waals surface area contributed by atoms with Crippen molar-refractivity contribution in [2.45, 2.75) is 80.1 Å². The molecule has 1 N–H and O–H groups in total. The Morgan fingerprint density at radius 2 is 1.04 bits per heavy atom. The van der Waals surface area contributed by atoms with Gasteiger partial charge in [-0.25, -0.2) is 4.98 Å². The topological polar surface area (TPSA) is 49.2 Å². The molecule has 0 unspecified atom stereocenters. The first-order chi connectivity index (χ1) is 26.6. The molecule has 282 valence electrons. The number of benzene rings is 5. The molecule has 5 aromatic carbocycles. The van der Waals surface area contributed by atoms with Crippen LogP contribution >= 0.6 is 0 Å². The molecular formula is C52H53N3O. The van der Waals surface area contributed by atoms with Gasteiger partial charge < -0.3 is 5.11 Å². The Hall–Kier alpha value is -6.00. The van der Waals surface area contributed by atoms with E-state index in [1.54, 1.807) is 0 Å². The van der Waals surface area contributed by atoms with Crippen molar-refractivity contribution in [1.82, 2.24) is 9.97 Å². The molecule has 0 aliphatic carbocycles. The monoisotopic (exact) mass is 735 g/mol. The van der Waals surface area contributed by atoms with Gasteiger partial charge in [-0.3, -0.25) is 9.88 Å². The Morgan fingerprint density at radius 1 is 0.482 bits per heavy atom. The molecule has 4 nitrogen and oxygen atoms in total. The molecule has 2 aromatic heterocycles. The molecule has 0 fully saturated rings. The predicted octanol–water partition coefficient (Wildman–Crippen LogP) is 14.1. The molecule has 0 amide bonds. The molecule has 2 heterocycles.